The van der Waals surface area contributed by atoms with Gasteiger partial charge in [-0.2, -0.15) is 0 Å². The highest BCUT2D eigenvalue weighted by Gasteiger charge is 2.22. The number of carbonyl (C=O) groups is 1. The highest BCUT2D eigenvalue weighted by Crippen LogP contribution is 2.38. The molecule has 0 saturated heterocycles. The van der Waals surface area contributed by atoms with E-state index in [9.17, 15) is 23.3 Å². The number of sulfonamides is 1. The number of nitro groups is 1. The zero-order chi connectivity index (χ0) is 26.9. The zero-order valence-corrected chi connectivity index (χ0v) is 20.9. The first kappa shape index (κ1) is 24.8. The molecule has 3 N–H and O–H groups in total. The number of carbonyl (C=O) groups excluding carboxylic acids is 1. The van der Waals surface area contributed by atoms with Crippen LogP contribution in [-0.4, -0.2) is 26.4 Å². The van der Waals surface area contributed by atoms with Crippen molar-refractivity contribution in [3.63, 3.8) is 0 Å². The molecule has 192 valence electrons. The summed E-state index contributed by atoms with van der Waals surface area (Å²) in [5.41, 5.74) is 4.03. The first-order valence-corrected chi connectivity index (χ1v) is 13.1. The lowest BCUT2D eigenvalue weighted by molar-refractivity contribution is -0.385. The monoisotopic (exact) mass is 530 g/mol. The van der Waals surface area contributed by atoms with Crippen LogP contribution in [0.1, 0.15) is 15.9 Å². The van der Waals surface area contributed by atoms with Gasteiger partial charge in [0.2, 0.25) is 10.0 Å². The van der Waals surface area contributed by atoms with E-state index in [4.69, 9.17) is 4.74 Å². The lowest BCUT2D eigenvalue weighted by Gasteiger charge is -2.13. The summed E-state index contributed by atoms with van der Waals surface area (Å²) in [6.07, 6.45) is 0. The minimum atomic E-state index is -3.68. The molecule has 1 aliphatic heterocycles. The van der Waals surface area contributed by atoms with Crippen molar-refractivity contribution < 1.29 is 22.9 Å². The molecule has 5 rings (SSSR count). The van der Waals surface area contributed by atoms with Gasteiger partial charge in [-0.15, -0.1) is 0 Å². The molecule has 0 saturated carbocycles. The lowest BCUT2D eigenvalue weighted by atomic mass is 10.0. The first-order valence-electron chi connectivity index (χ1n) is 11.5. The Morgan fingerprint density at radius 3 is 2.34 bits per heavy atom. The molecule has 0 aliphatic carbocycles. The summed E-state index contributed by atoms with van der Waals surface area (Å²) in [6, 6.07) is 23.3. The van der Waals surface area contributed by atoms with Gasteiger partial charge in [-0.1, -0.05) is 36.4 Å². The van der Waals surface area contributed by atoms with E-state index in [1.54, 1.807) is 72.8 Å². The Bertz CT molecular complexity index is 1670. The van der Waals surface area contributed by atoms with E-state index in [-0.39, 0.29) is 23.1 Å². The number of nitro benzene ring substituents is 1. The Kier molecular flexibility index (Phi) is 6.43. The molecule has 4 aromatic rings. The Hall–Kier alpha value is -4.90. The summed E-state index contributed by atoms with van der Waals surface area (Å²) < 4.78 is 33.2. The number of nitrogens with one attached hydrogen (secondary N) is 3. The number of hydrogen-bond acceptors (Lipinski definition) is 7. The van der Waals surface area contributed by atoms with Gasteiger partial charge in [0.15, 0.2) is 5.75 Å². The van der Waals surface area contributed by atoms with Crippen LogP contribution in [0, 0.1) is 10.1 Å². The van der Waals surface area contributed by atoms with Crippen LogP contribution in [0.4, 0.5) is 28.4 Å². The van der Waals surface area contributed by atoms with Gasteiger partial charge in [0.25, 0.3) is 5.91 Å². The van der Waals surface area contributed by atoms with Crippen LogP contribution in [0.3, 0.4) is 0 Å². The van der Waals surface area contributed by atoms with Crippen LogP contribution < -0.4 is 20.1 Å². The normalized spacial score (nSPS) is 12.3. The number of ether oxygens (including phenoxy) is 1. The first-order chi connectivity index (χ1) is 18.2. The second-order valence-electron chi connectivity index (χ2n) is 8.59. The molecule has 0 bridgehead atoms. The average molecular weight is 531 g/mol. The fourth-order valence-electron chi connectivity index (χ4n) is 4.20. The molecule has 0 aromatic heterocycles. The SMILES string of the molecule is COc1cc(-c2ccc3c(c2)Nc2cc(NS(=O)(=O)Cc4ccccc4)ccc2NC3=O)ccc1[N+](=O)[O-]. The van der Waals surface area contributed by atoms with E-state index in [1.807, 2.05) is 6.07 Å². The molecule has 1 amide bonds. The van der Waals surface area contributed by atoms with E-state index >= 15 is 0 Å². The van der Waals surface area contributed by atoms with Crippen molar-refractivity contribution in [2.24, 2.45) is 0 Å². The summed E-state index contributed by atoms with van der Waals surface area (Å²) in [5.74, 6) is -0.401. The van der Waals surface area contributed by atoms with Crippen molar-refractivity contribution in [2.75, 3.05) is 22.5 Å². The minimum Gasteiger partial charge on any atom is -0.490 e. The van der Waals surface area contributed by atoms with Crippen LogP contribution in [0.15, 0.2) is 84.9 Å². The molecule has 0 spiro atoms. The highest BCUT2D eigenvalue weighted by atomic mass is 32.2. The maximum absolute atomic E-state index is 12.9. The molecule has 38 heavy (non-hydrogen) atoms. The van der Waals surface area contributed by atoms with Gasteiger partial charge >= 0.3 is 5.69 Å². The van der Waals surface area contributed by atoms with Crippen molar-refractivity contribution in [1.29, 1.82) is 0 Å². The van der Waals surface area contributed by atoms with Crippen LogP contribution in [0.5, 0.6) is 5.75 Å². The largest absolute Gasteiger partial charge is 0.490 e. The fourth-order valence-corrected chi connectivity index (χ4v) is 5.39. The zero-order valence-electron chi connectivity index (χ0n) is 20.1. The van der Waals surface area contributed by atoms with Gasteiger partial charge < -0.3 is 15.4 Å². The van der Waals surface area contributed by atoms with Crippen LogP contribution in [0.25, 0.3) is 11.1 Å². The number of rotatable bonds is 7. The molecular formula is C27H22N4O6S. The summed E-state index contributed by atoms with van der Waals surface area (Å²) in [4.78, 5) is 23.6. The maximum Gasteiger partial charge on any atom is 0.310 e. The third kappa shape index (κ3) is 5.13. The quantitative estimate of drug-likeness (QED) is 0.211. The molecule has 1 heterocycles. The summed E-state index contributed by atoms with van der Waals surface area (Å²) in [5, 5.41) is 17.3. The second kappa shape index (κ2) is 9.87. The van der Waals surface area contributed by atoms with Gasteiger partial charge in [0, 0.05) is 6.07 Å². The number of nitrogens with zero attached hydrogens (tertiary/aromatic N) is 1. The van der Waals surface area contributed by atoms with E-state index in [0.29, 0.717) is 45.0 Å². The number of fused-ring (bicyclic) bond motifs is 2. The van der Waals surface area contributed by atoms with Crippen LogP contribution in [-0.2, 0) is 15.8 Å². The minimum absolute atomic E-state index is 0.117. The van der Waals surface area contributed by atoms with E-state index in [1.165, 1.54) is 13.2 Å². The Morgan fingerprint density at radius 1 is 0.868 bits per heavy atom. The van der Waals surface area contributed by atoms with E-state index in [2.05, 4.69) is 15.4 Å². The third-order valence-electron chi connectivity index (χ3n) is 5.98. The van der Waals surface area contributed by atoms with E-state index < -0.39 is 14.9 Å². The topological polar surface area (TPSA) is 140 Å². The van der Waals surface area contributed by atoms with Crippen LogP contribution in [0.2, 0.25) is 0 Å². The maximum atomic E-state index is 12.9. The molecule has 10 nitrogen and oxygen atoms in total. The molecule has 11 heteroatoms. The van der Waals surface area contributed by atoms with Crippen molar-refractivity contribution in [2.45, 2.75) is 5.75 Å². The fraction of sp³-hybridized carbons (Fsp3) is 0.0741. The van der Waals surface area contributed by atoms with Gasteiger partial charge in [0.05, 0.1) is 46.1 Å². The summed E-state index contributed by atoms with van der Waals surface area (Å²) in [7, 11) is -2.32. The number of amides is 1. The highest BCUT2D eigenvalue weighted by molar-refractivity contribution is 7.91. The third-order valence-corrected chi connectivity index (χ3v) is 7.24. The Labute approximate surface area is 218 Å². The predicted octanol–water partition coefficient (Wildman–Crippen LogP) is 5.52. The summed E-state index contributed by atoms with van der Waals surface area (Å²) in [6.45, 7) is 0. The lowest BCUT2D eigenvalue weighted by Crippen LogP contribution is -2.15. The van der Waals surface area contributed by atoms with Gasteiger partial charge in [-0.3, -0.25) is 19.6 Å². The van der Waals surface area contributed by atoms with Gasteiger partial charge in [0.1, 0.15) is 0 Å². The number of hydrogen-bond donors (Lipinski definition) is 3. The standard InChI is InChI=1S/C27H22N4O6S/c1-37-26-14-19(8-12-25(26)31(33)34)18-7-10-21-23(13-18)28-24-15-20(9-11-22(24)29-27(21)32)30-38(35,36)16-17-5-3-2-4-6-17/h2-15,28,30H,16H2,1H3,(H,29,32). The number of methoxy groups -OCH3 is 1. The Balaban J connectivity index is 1.45. The molecule has 0 fully saturated rings. The van der Waals surface area contributed by atoms with Crippen molar-refractivity contribution in [3.05, 3.63) is 106 Å². The number of benzene rings is 4. The van der Waals surface area contributed by atoms with Crippen molar-refractivity contribution >= 4 is 44.4 Å². The van der Waals surface area contributed by atoms with Gasteiger partial charge in [-0.25, -0.2) is 8.42 Å². The van der Waals surface area contributed by atoms with Gasteiger partial charge in [-0.05, 0) is 59.2 Å². The molecular weight excluding hydrogens is 508 g/mol. The number of anilines is 4. The van der Waals surface area contributed by atoms with E-state index in [0.717, 1.165) is 0 Å². The molecule has 0 atom stereocenters. The van der Waals surface area contributed by atoms with Crippen molar-refractivity contribution in [1.82, 2.24) is 0 Å². The van der Waals surface area contributed by atoms with Crippen molar-refractivity contribution in [3.8, 4) is 16.9 Å². The predicted molar refractivity (Wildman–Crippen MR) is 145 cm³/mol. The second-order valence-corrected chi connectivity index (χ2v) is 10.3. The average Bonchev–Trinajstić information content (AvgIpc) is 3.03. The Morgan fingerprint density at radius 2 is 1.61 bits per heavy atom. The molecule has 0 radical (unpaired) electrons. The molecule has 0 unspecified atom stereocenters. The summed E-state index contributed by atoms with van der Waals surface area (Å²) >= 11 is 0. The van der Waals surface area contributed by atoms with Crippen LogP contribution >= 0.6 is 0 Å². The smallest absolute Gasteiger partial charge is 0.310 e. The molecule has 1 aliphatic rings. The molecule has 4 aromatic carbocycles.